The molecule has 4 atom stereocenters. The fraction of sp³-hybridized carbons (Fsp3) is 0.947. The van der Waals surface area contributed by atoms with E-state index in [1.807, 2.05) is 0 Å². The van der Waals surface area contributed by atoms with E-state index in [0.29, 0.717) is 6.61 Å². The average Bonchev–Trinajstić information content (AvgIpc) is 2.45. The van der Waals surface area contributed by atoms with E-state index in [1.165, 1.54) is 0 Å². The zero-order valence-corrected chi connectivity index (χ0v) is 25.0. The summed E-state index contributed by atoms with van der Waals surface area (Å²) in [5.74, 6) is 0. The van der Waals surface area contributed by atoms with Crippen LogP contribution in [0.2, 0.25) is 78.6 Å². The number of hydrogen-bond donors (Lipinski definition) is 0. The standard InChI is InChI=1S/C19H46O6Si4/c1-21-18(16(14-20)23-27(5,6)7)19(25-29(11,12)13)17(24-28(8,9)10)15-22-26(2,3)4/h14,16-19H,15H2,1-13H3/t16-,17+,18+,19-/m0/s1. The fourth-order valence-electron chi connectivity index (χ4n) is 2.78. The molecule has 0 radical (unpaired) electrons. The lowest BCUT2D eigenvalue weighted by molar-refractivity contribution is -0.135. The van der Waals surface area contributed by atoms with Gasteiger partial charge in [0, 0.05) is 7.11 Å². The molecule has 0 unspecified atom stereocenters. The first-order valence-electron chi connectivity index (χ1n) is 10.4. The fourth-order valence-corrected chi connectivity index (χ4v) is 6.66. The molecule has 0 saturated heterocycles. The summed E-state index contributed by atoms with van der Waals surface area (Å²) in [5, 5.41) is 0. The second-order valence-corrected chi connectivity index (χ2v) is 29.3. The van der Waals surface area contributed by atoms with Gasteiger partial charge in [0.2, 0.25) is 0 Å². The molecule has 0 heterocycles. The average molecular weight is 483 g/mol. The van der Waals surface area contributed by atoms with E-state index in [4.69, 9.17) is 22.4 Å². The maximum Gasteiger partial charge on any atom is 0.184 e. The monoisotopic (exact) mass is 482 g/mol. The predicted octanol–water partition coefficient (Wildman–Crippen LogP) is 4.71. The summed E-state index contributed by atoms with van der Waals surface area (Å²) in [4.78, 5) is 12.0. The highest BCUT2D eigenvalue weighted by molar-refractivity contribution is 6.71. The number of carbonyl (C=O) groups is 1. The molecule has 0 fully saturated rings. The van der Waals surface area contributed by atoms with Crippen LogP contribution in [-0.2, 0) is 27.2 Å². The van der Waals surface area contributed by atoms with E-state index in [2.05, 4.69) is 78.6 Å². The molecule has 0 aliphatic rings. The van der Waals surface area contributed by atoms with Crippen molar-refractivity contribution in [3.8, 4) is 0 Å². The number of aldehydes is 1. The number of ether oxygens (including phenoxy) is 1. The smallest absolute Gasteiger partial charge is 0.184 e. The van der Waals surface area contributed by atoms with Crippen LogP contribution in [-0.4, -0.2) is 77.7 Å². The minimum Gasteiger partial charge on any atom is -0.415 e. The molecule has 0 aromatic rings. The first-order valence-corrected chi connectivity index (χ1v) is 24.1. The van der Waals surface area contributed by atoms with Crippen molar-refractivity contribution in [2.75, 3.05) is 13.7 Å². The van der Waals surface area contributed by atoms with Crippen LogP contribution in [0.15, 0.2) is 0 Å². The Morgan fingerprint density at radius 3 is 1.41 bits per heavy atom. The molecule has 29 heavy (non-hydrogen) atoms. The molecule has 0 N–H and O–H groups in total. The zero-order valence-electron chi connectivity index (χ0n) is 21.0. The van der Waals surface area contributed by atoms with E-state index in [1.54, 1.807) is 7.11 Å². The largest absolute Gasteiger partial charge is 0.415 e. The topological polar surface area (TPSA) is 63.2 Å². The van der Waals surface area contributed by atoms with Crippen LogP contribution < -0.4 is 0 Å². The Labute approximate surface area is 183 Å². The SMILES string of the molecule is CO[C@@H]([C@@H](O[Si](C)(C)C)[C@@H](CO[Si](C)(C)C)O[Si](C)(C)C)[C@H](C=O)O[Si](C)(C)C. The van der Waals surface area contributed by atoms with Crippen LogP contribution in [0.25, 0.3) is 0 Å². The van der Waals surface area contributed by atoms with E-state index < -0.39 is 51.6 Å². The molecular weight excluding hydrogens is 437 g/mol. The zero-order chi connectivity index (χ0) is 23.3. The Bertz CT molecular complexity index is 491. The minimum absolute atomic E-state index is 0.322. The second-order valence-electron chi connectivity index (χ2n) is 11.4. The maximum atomic E-state index is 12.0. The van der Waals surface area contributed by atoms with Gasteiger partial charge in [-0.1, -0.05) is 0 Å². The molecule has 10 heteroatoms. The van der Waals surface area contributed by atoms with Crippen molar-refractivity contribution in [2.45, 2.75) is 103 Å². The predicted molar refractivity (Wildman–Crippen MR) is 131 cm³/mol. The van der Waals surface area contributed by atoms with Gasteiger partial charge in [-0.15, -0.1) is 0 Å². The van der Waals surface area contributed by atoms with Gasteiger partial charge in [0.15, 0.2) is 33.3 Å². The van der Waals surface area contributed by atoms with Crippen molar-refractivity contribution in [2.24, 2.45) is 0 Å². The molecule has 0 aliphatic carbocycles. The van der Waals surface area contributed by atoms with Gasteiger partial charge in [-0.25, -0.2) is 0 Å². The molecule has 0 saturated carbocycles. The molecule has 0 aromatic heterocycles. The molecule has 174 valence electrons. The Kier molecular flexibility index (Phi) is 11.4. The van der Waals surface area contributed by atoms with Crippen molar-refractivity contribution in [3.63, 3.8) is 0 Å². The van der Waals surface area contributed by atoms with Gasteiger partial charge >= 0.3 is 0 Å². The van der Waals surface area contributed by atoms with Crippen LogP contribution in [0.5, 0.6) is 0 Å². The summed E-state index contributed by atoms with van der Waals surface area (Å²) < 4.78 is 31.4. The van der Waals surface area contributed by atoms with Crippen LogP contribution in [0, 0.1) is 0 Å². The Morgan fingerprint density at radius 2 is 1.10 bits per heavy atom. The third kappa shape index (κ3) is 14.1. The first kappa shape index (κ1) is 29.3. The number of hydrogen-bond acceptors (Lipinski definition) is 6. The third-order valence-corrected chi connectivity index (χ3v) is 7.59. The summed E-state index contributed by atoms with van der Waals surface area (Å²) in [6.45, 7) is 25.9. The van der Waals surface area contributed by atoms with Crippen LogP contribution in [0.3, 0.4) is 0 Å². The molecule has 6 nitrogen and oxygen atoms in total. The molecule has 0 spiro atoms. The lowest BCUT2D eigenvalue weighted by Gasteiger charge is -2.42. The van der Waals surface area contributed by atoms with Crippen molar-refractivity contribution in [1.29, 1.82) is 0 Å². The summed E-state index contributed by atoms with van der Waals surface area (Å²) >= 11 is 0. The summed E-state index contributed by atoms with van der Waals surface area (Å²) in [6, 6.07) is 0. The van der Waals surface area contributed by atoms with Gasteiger partial charge in [-0.2, -0.15) is 0 Å². The van der Waals surface area contributed by atoms with Crippen LogP contribution >= 0.6 is 0 Å². The summed E-state index contributed by atoms with van der Waals surface area (Å²) in [5.41, 5.74) is 0. The molecule has 0 aromatic carbocycles. The van der Waals surface area contributed by atoms with Crippen molar-refractivity contribution >= 4 is 39.6 Å². The van der Waals surface area contributed by atoms with Gasteiger partial charge in [0.25, 0.3) is 0 Å². The van der Waals surface area contributed by atoms with E-state index >= 15 is 0 Å². The lowest BCUT2D eigenvalue weighted by Crippen LogP contribution is -2.57. The van der Waals surface area contributed by atoms with Crippen molar-refractivity contribution < 1.29 is 27.2 Å². The van der Waals surface area contributed by atoms with Crippen molar-refractivity contribution in [1.82, 2.24) is 0 Å². The Morgan fingerprint density at radius 1 is 0.655 bits per heavy atom. The highest BCUT2D eigenvalue weighted by Gasteiger charge is 2.43. The quantitative estimate of drug-likeness (QED) is 0.264. The van der Waals surface area contributed by atoms with Gasteiger partial charge < -0.3 is 27.2 Å². The maximum absolute atomic E-state index is 12.0. The van der Waals surface area contributed by atoms with E-state index in [0.717, 1.165) is 6.29 Å². The highest BCUT2D eigenvalue weighted by atomic mass is 28.4. The minimum atomic E-state index is -1.98. The molecule has 0 aliphatic heterocycles. The second kappa shape index (κ2) is 11.3. The number of carbonyl (C=O) groups excluding carboxylic acids is 1. The molecule has 0 amide bonds. The number of rotatable bonds is 14. The van der Waals surface area contributed by atoms with Gasteiger partial charge in [-0.3, -0.25) is 0 Å². The Hall–Kier alpha value is 0.338. The van der Waals surface area contributed by atoms with Gasteiger partial charge in [-0.05, 0) is 78.6 Å². The number of methoxy groups -OCH3 is 1. The molecular formula is C19H46O6Si4. The molecule has 0 rings (SSSR count). The Balaban J connectivity index is 6.07. The van der Waals surface area contributed by atoms with Gasteiger partial charge in [0.1, 0.15) is 24.6 Å². The summed E-state index contributed by atoms with van der Waals surface area (Å²) in [7, 11) is -6.01. The first-order chi connectivity index (χ1) is 12.8. The normalized spacial score (nSPS) is 18.2. The lowest BCUT2D eigenvalue weighted by atomic mass is 10.0. The van der Waals surface area contributed by atoms with Crippen LogP contribution in [0.4, 0.5) is 0 Å². The molecule has 0 bridgehead atoms. The van der Waals surface area contributed by atoms with Crippen molar-refractivity contribution in [3.05, 3.63) is 0 Å². The third-order valence-electron chi connectivity index (χ3n) is 3.59. The summed E-state index contributed by atoms with van der Waals surface area (Å²) in [6.07, 6.45) is -1.18. The van der Waals surface area contributed by atoms with E-state index in [-0.39, 0.29) is 6.10 Å². The van der Waals surface area contributed by atoms with Gasteiger partial charge in [0.05, 0.1) is 12.7 Å². The highest BCUT2D eigenvalue weighted by Crippen LogP contribution is 2.25. The van der Waals surface area contributed by atoms with E-state index in [9.17, 15) is 4.79 Å². The van der Waals surface area contributed by atoms with Crippen LogP contribution in [0.1, 0.15) is 0 Å².